The van der Waals surface area contributed by atoms with Crippen LogP contribution in [-0.4, -0.2) is 33.6 Å². The number of rotatable bonds is 4. The molecular weight excluding hydrogens is 219 g/mol. The molecule has 0 aliphatic rings. The summed E-state index contributed by atoms with van der Waals surface area (Å²) in [5.74, 6) is -1.02. The van der Waals surface area contributed by atoms with Crippen LogP contribution in [0.25, 0.3) is 0 Å². The third-order valence-corrected chi connectivity index (χ3v) is 1.92. The molecular formula is C12H17BO4. The zero-order chi connectivity index (χ0) is 12.0. The molecule has 92 valence electrons. The molecule has 0 radical (unpaired) electrons. The first-order chi connectivity index (χ1) is 7.70. The van der Waals surface area contributed by atoms with Crippen LogP contribution >= 0.6 is 0 Å². The molecule has 1 aromatic carbocycles. The molecule has 0 spiro atoms. The Hall–Kier alpha value is -1.78. The van der Waals surface area contributed by atoms with Crippen LogP contribution in [-0.2, 0) is 9.47 Å². The summed E-state index contributed by atoms with van der Waals surface area (Å²) in [6.07, 6.45) is 0. The van der Waals surface area contributed by atoms with Crippen LogP contribution in [0.15, 0.2) is 24.3 Å². The maximum absolute atomic E-state index is 11.5. The summed E-state index contributed by atoms with van der Waals surface area (Å²) < 4.78 is 9.70. The maximum Gasteiger partial charge on any atom is 0.338 e. The van der Waals surface area contributed by atoms with Gasteiger partial charge >= 0.3 is 11.9 Å². The van der Waals surface area contributed by atoms with Crippen molar-refractivity contribution in [2.45, 2.75) is 13.8 Å². The second kappa shape index (κ2) is 7.49. The molecule has 4 nitrogen and oxygen atoms in total. The predicted molar refractivity (Wildman–Crippen MR) is 68.3 cm³/mol. The van der Waals surface area contributed by atoms with Crippen molar-refractivity contribution in [3.8, 4) is 0 Å². The van der Waals surface area contributed by atoms with Crippen LogP contribution < -0.4 is 0 Å². The summed E-state index contributed by atoms with van der Waals surface area (Å²) >= 11 is 0. The number of esters is 2. The van der Waals surface area contributed by atoms with Crippen molar-refractivity contribution >= 4 is 20.4 Å². The third kappa shape index (κ3) is 3.94. The summed E-state index contributed by atoms with van der Waals surface area (Å²) in [6, 6.07) is 6.44. The monoisotopic (exact) mass is 236 g/mol. The maximum atomic E-state index is 11.5. The molecule has 0 saturated carbocycles. The molecule has 0 atom stereocenters. The van der Waals surface area contributed by atoms with Gasteiger partial charge in [-0.2, -0.15) is 0 Å². The topological polar surface area (TPSA) is 52.6 Å². The highest BCUT2D eigenvalue weighted by Gasteiger charge is 2.17. The van der Waals surface area contributed by atoms with Crippen molar-refractivity contribution in [1.82, 2.24) is 0 Å². The van der Waals surface area contributed by atoms with E-state index in [0.29, 0.717) is 0 Å². The van der Waals surface area contributed by atoms with E-state index in [2.05, 4.69) is 0 Å². The van der Waals surface area contributed by atoms with Crippen LogP contribution in [0.2, 0.25) is 0 Å². The molecule has 1 aromatic rings. The van der Waals surface area contributed by atoms with Crippen LogP contribution in [0.1, 0.15) is 34.6 Å². The fourth-order valence-electron chi connectivity index (χ4n) is 1.26. The first-order valence-electron chi connectivity index (χ1n) is 5.14. The van der Waals surface area contributed by atoms with Crippen molar-refractivity contribution in [2.24, 2.45) is 0 Å². The second-order valence-electron chi connectivity index (χ2n) is 2.99. The normalized spacial score (nSPS) is 9.06. The van der Waals surface area contributed by atoms with Gasteiger partial charge in [-0.15, -0.1) is 0 Å². The minimum absolute atomic E-state index is 0. The number of hydrogen-bond donors (Lipinski definition) is 0. The van der Waals surface area contributed by atoms with Gasteiger partial charge in [-0.05, 0) is 26.0 Å². The number of carbonyl (C=O) groups is 2. The fourth-order valence-corrected chi connectivity index (χ4v) is 1.26. The first-order valence-corrected chi connectivity index (χ1v) is 5.14. The van der Waals surface area contributed by atoms with Gasteiger partial charge in [0.25, 0.3) is 0 Å². The summed E-state index contributed by atoms with van der Waals surface area (Å²) in [5, 5.41) is 0. The summed E-state index contributed by atoms with van der Waals surface area (Å²) in [6.45, 7) is 3.97. The molecule has 0 saturated heterocycles. The van der Waals surface area contributed by atoms with Gasteiger partial charge < -0.3 is 9.47 Å². The molecule has 0 fully saturated rings. The Bertz CT molecular complexity index is 353. The standard InChI is InChI=1S/C12H14O4.BH3/c1-3-15-11(13)9-7-5-6-8-10(9)12(14)16-4-2;/h5-8H,3-4H2,1-2H3;1H3. The Morgan fingerprint density at radius 3 is 1.59 bits per heavy atom. The molecule has 17 heavy (non-hydrogen) atoms. The summed E-state index contributed by atoms with van der Waals surface area (Å²) in [4.78, 5) is 23.1. The number of hydrogen-bond acceptors (Lipinski definition) is 4. The van der Waals surface area contributed by atoms with Crippen molar-refractivity contribution in [1.29, 1.82) is 0 Å². The van der Waals surface area contributed by atoms with Crippen molar-refractivity contribution < 1.29 is 19.1 Å². The Morgan fingerprint density at radius 2 is 1.29 bits per heavy atom. The lowest BCUT2D eigenvalue weighted by Gasteiger charge is -2.07. The number of benzene rings is 1. The van der Waals surface area contributed by atoms with E-state index in [1.54, 1.807) is 38.1 Å². The molecule has 0 heterocycles. The molecule has 0 aliphatic heterocycles. The van der Waals surface area contributed by atoms with Gasteiger partial charge in [0.05, 0.1) is 32.8 Å². The molecule has 5 heteroatoms. The highest BCUT2D eigenvalue weighted by Crippen LogP contribution is 2.11. The van der Waals surface area contributed by atoms with E-state index in [0.717, 1.165) is 0 Å². The van der Waals surface area contributed by atoms with Crippen LogP contribution in [0.5, 0.6) is 0 Å². The fraction of sp³-hybridized carbons (Fsp3) is 0.333. The van der Waals surface area contributed by atoms with Crippen LogP contribution in [0, 0.1) is 0 Å². The smallest absolute Gasteiger partial charge is 0.338 e. The zero-order valence-corrected chi connectivity index (χ0v) is 9.36. The van der Waals surface area contributed by atoms with E-state index in [1.807, 2.05) is 0 Å². The van der Waals surface area contributed by atoms with Crippen LogP contribution in [0.4, 0.5) is 0 Å². The van der Waals surface area contributed by atoms with Gasteiger partial charge in [0.2, 0.25) is 0 Å². The number of carbonyl (C=O) groups excluding carboxylic acids is 2. The lowest BCUT2D eigenvalue weighted by Crippen LogP contribution is -2.13. The quantitative estimate of drug-likeness (QED) is 0.574. The predicted octanol–water partition coefficient (Wildman–Crippen LogP) is 0.856. The van der Waals surface area contributed by atoms with Gasteiger partial charge in [0.1, 0.15) is 0 Å². The number of ether oxygens (including phenoxy) is 2. The Labute approximate surface area is 102 Å². The lowest BCUT2D eigenvalue weighted by molar-refractivity contribution is 0.0479. The molecule has 0 aliphatic carbocycles. The van der Waals surface area contributed by atoms with Crippen molar-refractivity contribution in [2.75, 3.05) is 13.2 Å². The lowest BCUT2D eigenvalue weighted by atomic mass is 10.1. The first kappa shape index (κ1) is 15.2. The van der Waals surface area contributed by atoms with Gasteiger partial charge in [-0.1, -0.05) is 12.1 Å². The minimum Gasteiger partial charge on any atom is -0.462 e. The molecule has 1 rings (SSSR count). The molecule has 0 bridgehead atoms. The van der Waals surface area contributed by atoms with E-state index in [4.69, 9.17) is 9.47 Å². The highest BCUT2D eigenvalue weighted by atomic mass is 16.5. The van der Waals surface area contributed by atoms with Gasteiger partial charge in [0.15, 0.2) is 0 Å². The molecule has 0 amide bonds. The Balaban J connectivity index is 0.00000256. The summed E-state index contributed by atoms with van der Waals surface area (Å²) in [7, 11) is 0. The average molecular weight is 236 g/mol. The molecule has 0 N–H and O–H groups in total. The third-order valence-electron chi connectivity index (χ3n) is 1.92. The van der Waals surface area contributed by atoms with Gasteiger partial charge in [0, 0.05) is 0 Å². The van der Waals surface area contributed by atoms with E-state index >= 15 is 0 Å². The summed E-state index contributed by atoms with van der Waals surface area (Å²) in [5.41, 5.74) is 0.477. The van der Waals surface area contributed by atoms with E-state index < -0.39 is 11.9 Å². The highest BCUT2D eigenvalue weighted by molar-refractivity contribution is 6.03. The second-order valence-corrected chi connectivity index (χ2v) is 2.99. The van der Waals surface area contributed by atoms with Crippen molar-refractivity contribution in [3.63, 3.8) is 0 Å². The SMILES string of the molecule is B.CCOC(=O)c1ccccc1C(=O)OCC. The van der Waals surface area contributed by atoms with Crippen molar-refractivity contribution in [3.05, 3.63) is 35.4 Å². The average Bonchev–Trinajstić information content (AvgIpc) is 2.30. The van der Waals surface area contributed by atoms with Gasteiger partial charge in [-0.3, -0.25) is 0 Å². The molecule has 0 aromatic heterocycles. The van der Waals surface area contributed by atoms with E-state index in [9.17, 15) is 9.59 Å². The Kier molecular flexibility index (Phi) is 6.71. The largest absolute Gasteiger partial charge is 0.462 e. The minimum atomic E-state index is -0.508. The van der Waals surface area contributed by atoms with E-state index in [1.165, 1.54) is 0 Å². The van der Waals surface area contributed by atoms with Crippen LogP contribution in [0.3, 0.4) is 0 Å². The molecule has 0 unspecified atom stereocenters. The van der Waals surface area contributed by atoms with E-state index in [-0.39, 0.29) is 32.8 Å². The van der Waals surface area contributed by atoms with Gasteiger partial charge in [-0.25, -0.2) is 9.59 Å². The zero-order valence-electron chi connectivity index (χ0n) is 9.36. The Morgan fingerprint density at radius 1 is 0.941 bits per heavy atom.